The molecule has 3 heteroatoms. The van der Waals surface area contributed by atoms with Crippen LogP contribution in [0.25, 0.3) is 0 Å². The molecule has 0 heterocycles. The zero-order valence-corrected chi connectivity index (χ0v) is 14.4. The second-order valence-corrected chi connectivity index (χ2v) is 8.34. The molecular formula is C20H28O3. The van der Waals surface area contributed by atoms with E-state index in [1.165, 1.54) is 17.5 Å². The number of aliphatic hydroxyl groups excluding tert-OH is 1. The first-order valence-corrected chi connectivity index (χ1v) is 9.03. The molecular weight excluding hydrogens is 288 g/mol. The van der Waals surface area contributed by atoms with Crippen LogP contribution in [0.3, 0.4) is 0 Å². The molecule has 3 aliphatic rings. The van der Waals surface area contributed by atoms with Crippen LogP contribution in [-0.4, -0.2) is 23.4 Å². The van der Waals surface area contributed by atoms with Gasteiger partial charge >= 0.3 is 0 Å². The van der Waals surface area contributed by atoms with E-state index in [2.05, 4.69) is 19.9 Å². The predicted molar refractivity (Wildman–Crippen MR) is 89.8 cm³/mol. The van der Waals surface area contributed by atoms with Crippen molar-refractivity contribution in [3.05, 3.63) is 23.3 Å². The third-order valence-electron chi connectivity index (χ3n) is 7.30. The average Bonchev–Trinajstić information content (AvgIpc) is 2.77. The Morgan fingerprint density at radius 3 is 2.78 bits per heavy atom. The summed E-state index contributed by atoms with van der Waals surface area (Å²) in [5, 5.41) is 20.8. The summed E-state index contributed by atoms with van der Waals surface area (Å²) in [5.74, 6) is 3.12. The fourth-order valence-electron chi connectivity index (χ4n) is 6.09. The van der Waals surface area contributed by atoms with Gasteiger partial charge in [0, 0.05) is 0 Å². The second kappa shape index (κ2) is 5.14. The first-order chi connectivity index (χ1) is 11.0. The number of rotatable bonds is 1. The molecule has 2 fully saturated rings. The monoisotopic (exact) mass is 316 g/mol. The average molecular weight is 316 g/mol. The smallest absolute Gasteiger partial charge is 0.160 e. The molecule has 1 aromatic carbocycles. The quantitative estimate of drug-likeness (QED) is 0.827. The minimum Gasteiger partial charge on any atom is -0.504 e. The van der Waals surface area contributed by atoms with Crippen LogP contribution in [0, 0.1) is 23.2 Å². The van der Waals surface area contributed by atoms with Crippen molar-refractivity contribution >= 4 is 0 Å². The van der Waals surface area contributed by atoms with Gasteiger partial charge in [0.15, 0.2) is 11.5 Å². The number of benzene rings is 1. The number of aliphatic hydroxyl groups is 1. The highest BCUT2D eigenvalue weighted by Gasteiger charge is 2.56. The lowest BCUT2D eigenvalue weighted by atomic mass is 9.55. The number of phenolic OH excluding ortho intramolecular Hbond substituents is 1. The first kappa shape index (κ1) is 15.3. The highest BCUT2D eigenvalue weighted by Crippen LogP contribution is 2.62. The van der Waals surface area contributed by atoms with Gasteiger partial charge in [0.25, 0.3) is 0 Å². The highest BCUT2D eigenvalue weighted by molar-refractivity contribution is 5.49. The van der Waals surface area contributed by atoms with Crippen LogP contribution in [0.1, 0.15) is 56.6 Å². The summed E-state index contributed by atoms with van der Waals surface area (Å²) in [5.41, 5.74) is 2.77. The maximum atomic E-state index is 10.7. The summed E-state index contributed by atoms with van der Waals surface area (Å²) < 4.78 is 5.34. The molecule has 4 unspecified atom stereocenters. The summed E-state index contributed by atoms with van der Waals surface area (Å²) >= 11 is 0. The van der Waals surface area contributed by atoms with Crippen molar-refractivity contribution in [1.82, 2.24) is 0 Å². The lowest BCUT2D eigenvalue weighted by molar-refractivity contribution is -0.0309. The molecule has 0 aliphatic heterocycles. The number of ether oxygens (including phenoxy) is 1. The summed E-state index contributed by atoms with van der Waals surface area (Å²) in [6, 6.07) is 3.98. The van der Waals surface area contributed by atoms with E-state index in [-0.39, 0.29) is 17.3 Å². The van der Waals surface area contributed by atoms with Crippen molar-refractivity contribution < 1.29 is 14.9 Å². The molecule has 0 spiro atoms. The minimum absolute atomic E-state index is 0.0963. The Morgan fingerprint density at radius 2 is 2.04 bits per heavy atom. The summed E-state index contributed by atoms with van der Waals surface area (Å²) in [6.45, 7) is 4.52. The van der Waals surface area contributed by atoms with Crippen molar-refractivity contribution in [2.75, 3.05) is 7.11 Å². The minimum atomic E-state index is -0.149. The SMILES string of the molecule is COc1cc2c(cc1O)CCC1C2CC[C@@]2(C)C1CC(C)[C@@H]2O. The number of hydrogen-bond donors (Lipinski definition) is 2. The summed E-state index contributed by atoms with van der Waals surface area (Å²) in [7, 11) is 1.62. The summed E-state index contributed by atoms with van der Waals surface area (Å²) in [6.07, 6.45) is 5.47. The maximum Gasteiger partial charge on any atom is 0.160 e. The van der Waals surface area contributed by atoms with Gasteiger partial charge in [-0.2, -0.15) is 0 Å². The second-order valence-electron chi connectivity index (χ2n) is 8.34. The third-order valence-corrected chi connectivity index (χ3v) is 7.30. The fraction of sp³-hybridized carbons (Fsp3) is 0.700. The Balaban J connectivity index is 1.72. The van der Waals surface area contributed by atoms with Gasteiger partial charge in [-0.1, -0.05) is 13.8 Å². The molecule has 0 amide bonds. The van der Waals surface area contributed by atoms with Crippen LogP contribution >= 0.6 is 0 Å². The number of aromatic hydroxyl groups is 1. The molecule has 3 nitrogen and oxygen atoms in total. The Hall–Kier alpha value is -1.22. The van der Waals surface area contributed by atoms with Crippen LogP contribution in [0.4, 0.5) is 0 Å². The molecule has 1 aromatic rings. The van der Waals surface area contributed by atoms with Crippen molar-refractivity contribution in [2.45, 2.75) is 58.0 Å². The van der Waals surface area contributed by atoms with Gasteiger partial charge in [0.2, 0.25) is 0 Å². The number of fused-ring (bicyclic) bond motifs is 5. The van der Waals surface area contributed by atoms with Crippen LogP contribution in [0.5, 0.6) is 11.5 Å². The van der Waals surface area contributed by atoms with Crippen LogP contribution < -0.4 is 4.74 Å². The molecule has 23 heavy (non-hydrogen) atoms. The molecule has 0 bridgehead atoms. The number of hydrogen-bond acceptors (Lipinski definition) is 3. The van der Waals surface area contributed by atoms with Crippen molar-refractivity contribution in [3.8, 4) is 11.5 Å². The van der Waals surface area contributed by atoms with E-state index >= 15 is 0 Å². The zero-order valence-electron chi connectivity index (χ0n) is 14.4. The van der Waals surface area contributed by atoms with Gasteiger partial charge in [-0.25, -0.2) is 0 Å². The molecule has 126 valence electrons. The number of phenols is 1. The molecule has 0 radical (unpaired) electrons. The van der Waals surface area contributed by atoms with Gasteiger partial charge in [0.1, 0.15) is 0 Å². The molecule has 2 saturated carbocycles. The van der Waals surface area contributed by atoms with Crippen LogP contribution in [-0.2, 0) is 6.42 Å². The number of aryl methyl sites for hydroxylation is 1. The van der Waals surface area contributed by atoms with Gasteiger partial charge in [-0.3, -0.25) is 0 Å². The van der Waals surface area contributed by atoms with E-state index in [1.807, 2.05) is 6.07 Å². The molecule has 2 N–H and O–H groups in total. The Bertz CT molecular complexity index is 626. The standard InChI is InChI=1S/C20H28O3/c1-11-8-16-14-5-4-12-9-17(21)18(23-3)10-15(12)13(14)6-7-20(16,2)19(11)22/h9-11,13-14,16,19,21-22H,4-8H2,1-3H3/t11?,13?,14?,16?,19-,20-/m0/s1. The molecule has 3 aliphatic carbocycles. The van der Waals surface area contributed by atoms with E-state index in [0.29, 0.717) is 29.4 Å². The van der Waals surface area contributed by atoms with Crippen molar-refractivity contribution in [1.29, 1.82) is 0 Å². The van der Waals surface area contributed by atoms with Gasteiger partial charge in [-0.05, 0) is 84.5 Å². The van der Waals surface area contributed by atoms with E-state index in [4.69, 9.17) is 4.74 Å². The Kier molecular flexibility index (Phi) is 3.42. The Labute approximate surface area is 138 Å². The topological polar surface area (TPSA) is 49.7 Å². The van der Waals surface area contributed by atoms with E-state index < -0.39 is 0 Å². The van der Waals surface area contributed by atoms with Crippen LogP contribution in [0.15, 0.2) is 12.1 Å². The van der Waals surface area contributed by atoms with Crippen LogP contribution in [0.2, 0.25) is 0 Å². The lowest BCUT2D eigenvalue weighted by Crippen LogP contribution is -2.44. The van der Waals surface area contributed by atoms with Crippen molar-refractivity contribution in [2.24, 2.45) is 23.2 Å². The van der Waals surface area contributed by atoms with Gasteiger partial charge < -0.3 is 14.9 Å². The summed E-state index contributed by atoms with van der Waals surface area (Å²) in [4.78, 5) is 0. The highest BCUT2D eigenvalue weighted by atomic mass is 16.5. The largest absolute Gasteiger partial charge is 0.504 e. The molecule has 6 atom stereocenters. The fourth-order valence-corrected chi connectivity index (χ4v) is 6.09. The predicted octanol–water partition coefficient (Wildman–Crippen LogP) is 3.86. The molecule has 0 aromatic heterocycles. The van der Waals surface area contributed by atoms with E-state index in [9.17, 15) is 10.2 Å². The van der Waals surface area contributed by atoms with E-state index in [1.54, 1.807) is 7.11 Å². The Morgan fingerprint density at radius 1 is 1.26 bits per heavy atom. The first-order valence-electron chi connectivity index (χ1n) is 9.03. The number of methoxy groups -OCH3 is 1. The third kappa shape index (κ3) is 2.05. The maximum absolute atomic E-state index is 10.7. The molecule has 0 saturated heterocycles. The van der Waals surface area contributed by atoms with E-state index in [0.717, 1.165) is 25.7 Å². The van der Waals surface area contributed by atoms with Gasteiger partial charge in [0.05, 0.1) is 13.2 Å². The lowest BCUT2D eigenvalue weighted by Gasteiger charge is -2.50. The van der Waals surface area contributed by atoms with Gasteiger partial charge in [-0.15, -0.1) is 0 Å². The zero-order chi connectivity index (χ0) is 16.4. The normalized spacial score (nSPS) is 41.8. The van der Waals surface area contributed by atoms with Crippen molar-refractivity contribution in [3.63, 3.8) is 0 Å². The molecule has 4 rings (SSSR count).